The summed E-state index contributed by atoms with van der Waals surface area (Å²) in [6.45, 7) is 8.00. The minimum Gasteiger partial charge on any atom is -0.372 e. The maximum atomic E-state index is 12.5. The normalized spacial score (nSPS) is 13.7. The molecule has 0 saturated carbocycles. The van der Waals surface area contributed by atoms with Gasteiger partial charge in [0.25, 0.3) is 0 Å². The second-order valence-electron chi connectivity index (χ2n) is 6.43. The van der Waals surface area contributed by atoms with E-state index in [1.54, 1.807) is 12.1 Å². The van der Waals surface area contributed by atoms with Crippen LogP contribution in [-0.2, 0) is 16.4 Å². The van der Waals surface area contributed by atoms with Gasteiger partial charge in [-0.1, -0.05) is 18.2 Å². The first-order chi connectivity index (χ1) is 12.5. The van der Waals surface area contributed by atoms with Crippen molar-refractivity contribution in [2.45, 2.75) is 25.2 Å². The van der Waals surface area contributed by atoms with Crippen LogP contribution >= 0.6 is 0 Å². The van der Waals surface area contributed by atoms with E-state index in [2.05, 4.69) is 40.5 Å². The highest BCUT2D eigenvalue weighted by molar-refractivity contribution is 7.89. The fraction of sp³-hybridized carbons (Fsp3) is 0.400. The third kappa shape index (κ3) is 4.02. The number of benzene rings is 2. The lowest BCUT2D eigenvalue weighted by Gasteiger charge is -2.21. The highest BCUT2D eigenvalue weighted by Crippen LogP contribution is 2.26. The van der Waals surface area contributed by atoms with E-state index in [1.807, 2.05) is 24.3 Å². The number of para-hydroxylation sites is 1. The van der Waals surface area contributed by atoms with Crippen molar-refractivity contribution >= 4 is 21.4 Å². The average Bonchev–Trinajstić information content (AvgIpc) is 3.06. The Hall–Kier alpha value is -2.05. The van der Waals surface area contributed by atoms with Gasteiger partial charge in [-0.2, -0.15) is 0 Å². The van der Waals surface area contributed by atoms with Crippen molar-refractivity contribution in [1.29, 1.82) is 0 Å². The van der Waals surface area contributed by atoms with Crippen molar-refractivity contribution < 1.29 is 8.42 Å². The number of hydrogen-bond acceptors (Lipinski definition) is 4. The Kier molecular flexibility index (Phi) is 5.84. The molecule has 2 aromatic carbocycles. The zero-order valence-electron chi connectivity index (χ0n) is 15.5. The van der Waals surface area contributed by atoms with Gasteiger partial charge in [-0.3, -0.25) is 0 Å². The second kappa shape index (κ2) is 8.10. The van der Waals surface area contributed by atoms with Crippen LogP contribution in [0.5, 0.6) is 0 Å². The van der Waals surface area contributed by atoms with Gasteiger partial charge in [0.15, 0.2) is 0 Å². The summed E-state index contributed by atoms with van der Waals surface area (Å²) < 4.78 is 27.8. The quantitative estimate of drug-likeness (QED) is 0.773. The van der Waals surface area contributed by atoms with E-state index in [1.165, 1.54) is 11.3 Å². The molecule has 140 valence electrons. The monoisotopic (exact) mass is 373 g/mol. The number of nitrogens with zero attached hydrogens (tertiary/aromatic N) is 2. The third-order valence-corrected chi connectivity index (χ3v) is 6.41. The molecular formula is C20H27N3O2S. The first-order valence-electron chi connectivity index (χ1n) is 9.22. The van der Waals surface area contributed by atoms with E-state index in [0.29, 0.717) is 18.0 Å². The predicted octanol–water partition coefficient (Wildman–Crippen LogP) is 2.87. The van der Waals surface area contributed by atoms with Gasteiger partial charge in [0.2, 0.25) is 10.0 Å². The largest absolute Gasteiger partial charge is 0.372 e. The molecule has 0 bridgehead atoms. The van der Waals surface area contributed by atoms with E-state index >= 15 is 0 Å². The number of nitrogens with one attached hydrogen (secondary N) is 1. The molecule has 3 rings (SSSR count). The minimum absolute atomic E-state index is 0.315. The number of anilines is 2. The lowest BCUT2D eigenvalue weighted by Crippen LogP contribution is -2.34. The van der Waals surface area contributed by atoms with Crippen molar-refractivity contribution in [3.05, 3.63) is 54.1 Å². The molecule has 0 unspecified atom stereocenters. The molecule has 1 N–H and O–H groups in total. The Balaban J connectivity index is 1.59. The molecule has 0 radical (unpaired) electrons. The molecule has 1 aliphatic rings. The lowest BCUT2D eigenvalue weighted by atomic mass is 10.2. The van der Waals surface area contributed by atoms with E-state index in [0.717, 1.165) is 31.7 Å². The fourth-order valence-electron chi connectivity index (χ4n) is 3.46. The van der Waals surface area contributed by atoms with Crippen molar-refractivity contribution in [3.8, 4) is 0 Å². The molecule has 0 aliphatic carbocycles. The Morgan fingerprint density at radius 3 is 2.42 bits per heavy atom. The van der Waals surface area contributed by atoms with Crippen molar-refractivity contribution in [2.24, 2.45) is 0 Å². The highest BCUT2D eigenvalue weighted by atomic mass is 32.2. The van der Waals surface area contributed by atoms with E-state index in [9.17, 15) is 8.42 Å². The average molecular weight is 374 g/mol. The summed E-state index contributed by atoms with van der Waals surface area (Å²) in [5.74, 6) is 0. The number of sulfonamides is 1. The molecule has 0 atom stereocenters. The summed E-state index contributed by atoms with van der Waals surface area (Å²) >= 11 is 0. The van der Waals surface area contributed by atoms with Crippen molar-refractivity contribution in [1.82, 2.24) is 4.72 Å². The van der Waals surface area contributed by atoms with Gasteiger partial charge in [-0.25, -0.2) is 13.1 Å². The van der Waals surface area contributed by atoms with Gasteiger partial charge < -0.3 is 9.80 Å². The molecule has 26 heavy (non-hydrogen) atoms. The molecular weight excluding hydrogens is 346 g/mol. The van der Waals surface area contributed by atoms with Crippen LogP contribution in [0.3, 0.4) is 0 Å². The Morgan fingerprint density at radius 1 is 1.04 bits per heavy atom. The van der Waals surface area contributed by atoms with Crippen molar-refractivity contribution in [3.63, 3.8) is 0 Å². The Bertz CT molecular complexity index is 830. The fourth-order valence-corrected chi connectivity index (χ4v) is 4.48. The summed E-state index contributed by atoms with van der Waals surface area (Å²) in [4.78, 5) is 4.74. The molecule has 5 nitrogen and oxygen atoms in total. The van der Waals surface area contributed by atoms with Crippen LogP contribution in [0.4, 0.5) is 11.4 Å². The van der Waals surface area contributed by atoms with E-state index in [-0.39, 0.29) is 0 Å². The maximum absolute atomic E-state index is 12.5. The minimum atomic E-state index is -3.48. The van der Waals surface area contributed by atoms with Crippen LogP contribution in [0.15, 0.2) is 53.4 Å². The third-order valence-electron chi connectivity index (χ3n) is 4.93. The predicted molar refractivity (Wildman–Crippen MR) is 108 cm³/mol. The van der Waals surface area contributed by atoms with Gasteiger partial charge in [0.05, 0.1) is 4.90 Å². The zero-order chi connectivity index (χ0) is 18.6. The summed E-state index contributed by atoms with van der Waals surface area (Å²) in [7, 11) is -3.48. The van der Waals surface area contributed by atoms with E-state index < -0.39 is 10.0 Å². The molecule has 6 heteroatoms. The van der Waals surface area contributed by atoms with Crippen LogP contribution in [0, 0.1) is 0 Å². The van der Waals surface area contributed by atoms with Gasteiger partial charge in [0, 0.05) is 44.1 Å². The van der Waals surface area contributed by atoms with Crippen LogP contribution in [0.2, 0.25) is 0 Å². The summed E-state index contributed by atoms with van der Waals surface area (Å²) in [5, 5.41) is 0. The van der Waals surface area contributed by atoms with Crippen LogP contribution in [0.1, 0.15) is 19.4 Å². The second-order valence-corrected chi connectivity index (χ2v) is 8.20. The number of fused-ring (bicyclic) bond motifs is 1. The summed E-state index contributed by atoms with van der Waals surface area (Å²) in [6, 6.07) is 15.4. The molecule has 0 aromatic heterocycles. The first kappa shape index (κ1) is 18.7. The van der Waals surface area contributed by atoms with Gasteiger partial charge in [0.1, 0.15) is 0 Å². The molecule has 0 saturated heterocycles. The zero-order valence-corrected chi connectivity index (χ0v) is 16.3. The Labute approximate surface area is 156 Å². The molecule has 0 spiro atoms. The lowest BCUT2D eigenvalue weighted by molar-refractivity contribution is 0.581. The van der Waals surface area contributed by atoms with Crippen molar-refractivity contribution in [2.75, 3.05) is 42.5 Å². The van der Waals surface area contributed by atoms with Crippen LogP contribution < -0.4 is 14.5 Å². The summed E-state index contributed by atoms with van der Waals surface area (Å²) in [6.07, 6.45) is 1.02. The number of rotatable bonds is 8. The van der Waals surface area contributed by atoms with Crippen LogP contribution in [-0.4, -0.2) is 41.1 Å². The van der Waals surface area contributed by atoms with Gasteiger partial charge >= 0.3 is 0 Å². The molecule has 1 heterocycles. The highest BCUT2D eigenvalue weighted by Gasteiger charge is 2.19. The van der Waals surface area contributed by atoms with E-state index in [4.69, 9.17) is 0 Å². The molecule has 0 fully saturated rings. The molecule has 1 aliphatic heterocycles. The van der Waals surface area contributed by atoms with Crippen LogP contribution in [0.25, 0.3) is 0 Å². The summed E-state index contributed by atoms with van der Waals surface area (Å²) in [5.41, 5.74) is 3.60. The topological polar surface area (TPSA) is 52.7 Å². The first-order valence-corrected chi connectivity index (χ1v) is 10.7. The Morgan fingerprint density at radius 2 is 1.73 bits per heavy atom. The SMILES string of the molecule is CCN(CC)c1ccc(S(=O)(=O)NCCN2CCc3ccccc32)cc1. The molecule has 0 amide bonds. The number of hydrogen-bond donors (Lipinski definition) is 1. The maximum Gasteiger partial charge on any atom is 0.240 e. The smallest absolute Gasteiger partial charge is 0.240 e. The van der Waals surface area contributed by atoms with Gasteiger partial charge in [-0.05, 0) is 56.2 Å². The van der Waals surface area contributed by atoms with Gasteiger partial charge in [-0.15, -0.1) is 0 Å². The molecule has 2 aromatic rings. The standard InChI is InChI=1S/C20H27N3O2S/c1-3-22(4-2)18-9-11-19(12-10-18)26(24,25)21-14-16-23-15-13-17-7-5-6-8-20(17)23/h5-12,21H,3-4,13-16H2,1-2H3.